The van der Waals surface area contributed by atoms with Crippen LogP contribution in [0.5, 0.6) is 0 Å². The Labute approximate surface area is 118 Å². The average Bonchev–Trinajstić information content (AvgIpc) is 2.88. The summed E-state index contributed by atoms with van der Waals surface area (Å²) in [6, 6.07) is 2.36. The van der Waals surface area contributed by atoms with Crippen LogP contribution >= 0.6 is 0 Å². The SMILES string of the molecule is CCC[C@H](NC(=O)NC(C)CCc1ccco1)C(=O)O. The van der Waals surface area contributed by atoms with Gasteiger partial charge in [0.1, 0.15) is 11.8 Å². The monoisotopic (exact) mass is 282 g/mol. The molecule has 2 atom stereocenters. The molecule has 0 spiro atoms. The minimum absolute atomic E-state index is 0.0591. The van der Waals surface area contributed by atoms with Crippen molar-refractivity contribution in [2.45, 2.75) is 51.6 Å². The van der Waals surface area contributed by atoms with Gasteiger partial charge in [0.05, 0.1) is 6.26 Å². The number of aliphatic carboxylic acids is 1. The van der Waals surface area contributed by atoms with Crippen LogP contribution in [-0.2, 0) is 11.2 Å². The van der Waals surface area contributed by atoms with Gasteiger partial charge in [-0.2, -0.15) is 0 Å². The van der Waals surface area contributed by atoms with Gasteiger partial charge in [-0.05, 0) is 31.9 Å². The fourth-order valence-electron chi connectivity index (χ4n) is 1.86. The summed E-state index contributed by atoms with van der Waals surface area (Å²) in [4.78, 5) is 22.6. The topological polar surface area (TPSA) is 91.6 Å². The lowest BCUT2D eigenvalue weighted by Crippen LogP contribution is -2.48. The van der Waals surface area contributed by atoms with Gasteiger partial charge in [0.15, 0.2) is 0 Å². The maximum atomic E-state index is 11.7. The van der Waals surface area contributed by atoms with Crippen LogP contribution in [0.25, 0.3) is 0 Å². The number of urea groups is 1. The molecule has 0 fully saturated rings. The lowest BCUT2D eigenvalue weighted by Gasteiger charge is -2.17. The zero-order valence-corrected chi connectivity index (χ0v) is 11.9. The molecular weight excluding hydrogens is 260 g/mol. The van der Waals surface area contributed by atoms with E-state index < -0.39 is 18.0 Å². The molecule has 0 aromatic carbocycles. The van der Waals surface area contributed by atoms with E-state index in [4.69, 9.17) is 9.52 Å². The normalized spacial score (nSPS) is 13.5. The third kappa shape index (κ3) is 5.77. The Hall–Kier alpha value is -1.98. The van der Waals surface area contributed by atoms with Gasteiger partial charge < -0.3 is 20.2 Å². The van der Waals surface area contributed by atoms with Gasteiger partial charge in [0.25, 0.3) is 0 Å². The third-order valence-corrected chi connectivity index (χ3v) is 2.96. The van der Waals surface area contributed by atoms with Crippen LogP contribution < -0.4 is 10.6 Å². The maximum Gasteiger partial charge on any atom is 0.326 e. The number of furan rings is 1. The number of carbonyl (C=O) groups excluding carboxylic acids is 1. The zero-order valence-electron chi connectivity index (χ0n) is 11.9. The standard InChI is InChI=1S/C14H22N2O4/c1-3-5-12(13(17)18)16-14(19)15-10(2)7-8-11-6-4-9-20-11/h4,6,9-10,12H,3,5,7-8H2,1-2H3,(H,17,18)(H2,15,16,19)/t10?,12-/m0/s1. The average molecular weight is 282 g/mol. The molecule has 1 aromatic heterocycles. The Morgan fingerprint density at radius 2 is 2.10 bits per heavy atom. The lowest BCUT2D eigenvalue weighted by atomic mass is 10.1. The molecule has 1 heterocycles. The molecule has 0 aliphatic rings. The number of carboxylic acid groups (broad SMARTS) is 1. The molecule has 1 aromatic rings. The van der Waals surface area contributed by atoms with Gasteiger partial charge in [-0.3, -0.25) is 0 Å². The van der Waals surface area contributed by atoms with Crippen molar-refractivity contribution in [3.05, 3.63) is 24.2 Å². The molecule has 6 heteroatoms. The Morgan fingerprint density at radius 1 is 1.35 bits per heavy atom. The highest BCUT2D eigenvalue weighted by Crippen LogP contribution is 2.05. The van der Waals surface area contributed by atoms with Gasteiger partial charge in [-0.15, -0.1) is 0 Å². The Bertz CT molecular complexity index is 417. The first-order valence-corrected chi connectivity index (χ1v) is 6.85. The van der Waals surface area contributed by atoms with E-state index in [1.165, 1.54) is 0 Å². The maximum absolute atomic E-state index is 11.7. The van der Waals surface area contributed by atoms with E-state index in [9.17, 15) is 9.59 Å². The second kappa shape index (κ2) is 8.24. The molecule has 2 amide bonds. The molecule has 1 unspecified atom stereocenters. The molecule has 0 saturated heterocycles. The molecule has 0 saturated carbocycles. The summed E-state index contributed by atoms with van der Waals surface area (Å²) in [5.74, 6) is -0.140. The van der Waals surface area contributed by atoms with Gasteiger partial charge >= 0.3 is 12.0 Å². The van der Waals surface area contributed by atoms with E-state index in [0.29, 0.717) is 12.8 Å². The van der Waals surface area contributed by atoms with Crippen molar-refractivity contribution < 1.29 is 19.1 Å². The minimum Gasteiger partial charge on any atom is -0.480 e. The first kappa shape index (κ1) is 16.1. The van der Waals surface area contributed by atoms with Crippen molar-refractivity contribution in [3.63, 3.8) is 0 Å². The summed E-state index contributed by atoms with van der Waals surface area (Å²) in [5.41, 5.74) is 0. The fraction of sp³-hybridized carbons (Fsp3) is 0.571. The van der Waals surface area contributed by atoms with E-state index >= 15 is 0 Å². The Kier molecular flexibility index (Phi) is 6.63. The van der Waals surface area contributed by atoms with E-state index in [1.54, 1.807) is 6.26 Å². The highest BCUT2D eigenvalue weighted by molar-refractivity contribution is 5.82. The van der Waals surface area contributed by atoms with Crippen LogP contribution in [0, 0.1) is 0 Å². The largest absolute Gasteiger partial charge is 0.480 e. The van der Waals surface area contributed by atoms with Crippen LogP contribution in [0.1, 0.15) is 38.9 Å². The molecule has 0 aliphatic carbocycles. The van der Waals surface area contributed by atoms with Crippen LogP contribution in [0.2, 0.25) is 0 Å². The number of carbonyl (C=O) groups is 2. The number of nitrogens with one attached hydrogen (secondary N) is 2. The Morgan fingerprint density at radius 3 is 2.65 bits per heavy atom. The smallest absolute Gasteiger partial charge is 0.326 e. The number of hydrogen-bond acceptors (Lipinski definition) is 3. The fourth-order valence-corrected chi connectivity index (χ4v) is 1.86. The molecule has 20 heavy (non-hydrogen) atoms. The molecular formula is C14H22N2O4. The zero-order chi connectivity index (χ0) is 15.0. The van der Waals surface area contributed by atoms with Crippen molar-refractivity contribution >= 4 is 12.0 Å². The number of aryl methyl sites for hydroxylation is 1. The van der Waals surface area contributed by atoms with Gasteiger partial charge in [-0.1, -0.05) is 13.3 Å². The molecule has 1 rings (SSSR count). The number of amides is 2. The number of rotatable bonds is 8. The molecule has 6 nitrogen and oxygen atoms in total. The highest BCUT2D eigenvalue weighted by Gasteiger charge is 2.19. The second-order valence-corrected chi connectivity index (χ2v) is 4.82. The van der Waals surface area contributed by atoms with E-state index in [-0.39, 0.29) is 6.04 Å². The second-order valence-electron chi connectivity index (χ2n) is 4.82. The predicted molar refractivity (Wildman–Crippen MR) is 74.5 cm³/mol. The van der Waals surface area contributed by atoms with Gasteiger partial charge in [0.2, 0.25) is 0 Å². The van der Waals surface area contributed by atoms with Crippen LogP contribution in [0.15, 0.2) is 22.8 Å². The summed E-state index contributed by atoms with van der Waals surface area (Å²) in [5, 5.41) is 14.2. The lowest BCUT2D eigenvalue weighted by molar-refractivity contribution is -0.139. The van der Waals surface area contributed by atoms with Crippen molar-refractivity contribution in [3.8, 4) is 0 Å². The van der Waals surface area contributed by atoms with E-state index in [0.717, 1.165) is 18.6 Å². The summed E-state index contributed by atoms with van der Waals surface area (Å²) in [6.07, 6.45) is 4.19. The summed E-state index contributed by atoms with van der Waals surface area (Å²) in [6.45, 7) is 3.75. The highest BCUT2D eigenvalue weighted by atomic mass is 16.4. The van der Waals surface area contributed by atoms with Crippen LogP contribution in [0.3, 0.4) is 0 Å². The summed E-state index contributed by atoms with van der Waals surface area (Å²) >= 11 is 0. The van der Waals surface area contributed by atoms with Gasteiger partial charge in [-0.25, -0.2) is 9.59 Å². The summed E-state index contributed by atoms with van der Waals surface area (Å²) in [7, 11) is 0. The molecule has 112 valence electrons. The Balaban J connectivity index is 2.31. The molecule has 0 aliphatic heterocycles. The first-order chi connectivity index (χ1) is 9.52. The molecule has 0 bridgehead atoms. The van der Waals surface area contributed by atoms with Crippen LogP contribution in [0.4, 0.5) is 4.79 Å². The predicted octanol–water partition coefficient (Wildman–Crippen LogP) is 2.15. The molecule has 3 N–H and O–H groups in total. The van der Waals surface area contributed by atoms with E-state index in [2.05, 4.69) is 10.6 Å². The quantitative estimate of drug-likeness (QED) is 0.681. The molecule has 0 radical (unpaired) electrons. The van der Waals surface area contributed by atoms with Crippen molar-refractivity contribution in [2.75, 3.05) is 0 Å². The van der Waals surface area contributed by atoms with Crippen molar-refractivity contribution in [2.24, 2.45) is 0 Å². The van der Waals surface area contributed by atoms with Crippen molar-refractivity contribution in [1.29, 1.82) is 0 Å². The first-order valence-electron chi connectivity index (χ1n) is 6.85. The van der Waals surface area contributed by atoms with Crippen LogP contribution in [-0.4, -0.2) is 29.2 Å². The van der Waals surface area contributed by atoms with E-state index in [1.807, 2.05) is 26.0 Å². The van der Waals surface area contributed by atoms with Crippen molar-refractivity contribution in [1.82, 2.24) is 10.6 Å². The third-order valence-electron chi connectivity index (χ3n) is 2.96. The number of carboxylic acids is 1. The minimum atomic E-state index is -1.01. The summed E-state index contributed by atoms with van der Waals surface area (Å²) < 4.78 is 5.21. The number of hydrogen-bond donors (Lipinski definition) is 3. The van der Waals surface area contributed by atoms with Gasteiger partial charge in [0, 0.05) is 12.5 Å².